The number of nitrogens with zero attached hydrogens (tertiary/aromatic N) is 2. The molecule has 1 aromatic heterocycles. The van der Waals surface area contributed by atoms with Gasteiger partial charge in [0.25, 0.3) is 10.0 Å². The fourth-order valence-electron chi connectivity index (χ4n) is 1.62. The van der Waals surface area contributed by atoms with Crippen LogP contribution >= 0.6 is 15.9 Å². The molecule has 0 aliphatic rings. The maximum absolute atomic E-state index is 12.1. The molecule has 1 unspecified atom stereocenters. The maximum Gasteiger partial charge on any atom is 0.259 e. The fourth-order valence-corrected chi connectivity index (χ4v) is 3.60. The van der Waals surface area contributed by atoms with Crippen LogP contribution in [0.2, 0.25) is 0 Å². The zero-order valence-electron chi connectivity index (χ0n) is 11.0. The highest BCUT2D eigenvalue weighted by Crippen LogP contribution is 2.11. The standard InChI is InChI=1S/C11H20BrN3O2S/c1-4-7-15-8-11(13-10(15)3)18(16,17)14-9(2)5-6-12/h8-9,14H,4-7H2,1-3H3. The summed E-state index contributed by atoms with van der Waals surface area (Å²) in [5.41, 5.74) is 0. The van der Waals surface area contributed by atoms with Gasteiger partial charge in [-0.15, -0.1) is 0 Å². The summed E-state index contributed by atoms with van der Waals surface area (Å²) in [6, 6.07) is -0.106. The van der Waals surface area contributed by atoms with Gasteiger partial charge in [-0.2, -0.15) is 0 Å². The molecule has 5 nitrogen and oxygen atoms in total. The number of sulfonamides is 1. The molecule has 1 heterocycles. The molecule has 0 fully saturated rings. The summed E-state index contributed by atoms with van der Waals surface area (Å²) in [5, 5.41) is 0.870. The van der Waals surface area contributed by atoms with E-state index < -0.39 is 10.0 Å². The summed E-state index contributed by atoms with van der Waals surface area (Å²) in [6.07, 6.45) is 3.29. The summed E-state index contributed by atoms with van der Waals surface area (Å²) in [5.74, 6) is 0.727. The summed E-state index contributed by atoms with van der Waals surface area (Å²) in [6.45, 7) is 6.49. The molecular weight excluding hydrogens is 318 g/mol. The van der Waals surface area contributed by atoms with Crippen molar-refractivity contribution in [1.29, 1.82) is 0 Å². The summed E-state index contributed by atoms with van der Waals surface area (Å²) < 4.78 is 28.7. The topological polar surface area (TPSA) is 64.0 Å². The quantitative estimate of drug-likeness (QED) is 0.774. The van der Waals surface area contributed by atoms with Crippen molar-refractivity contribution < 1.29 is 8.42 Å². The first-order chi connectivity index (χ1) is 8.40. The summed E-state index contributed by atoms with van der Waals surface area (Å²) in [4.78, 5) is 4.11. The van der Waals surface area contributed by atoms with E-state index in [-0.39, 0.29) is 11.1 Å². The molecule has 0 aliphatic heterocycles. The van der Waals surface area contributed by atoms with Gasteiger partial charge in [0.2, 0.25) is 0 Å². The lowest BCUT2D eigenvalue weighted by molar-refractivity contribution is 0.554. The molecule has 1 N–H and O–H groups in total. The second-order valence-electron chi connectivity index (χ2n) is 4.32. The second-order valence-corrected chi connectivity index (χ2v) is 6.77. The van der Waals surface area contributed by atoms with Gasteiger partial charge in [0.15, 0.2) is 5.03 Å². The molecule has 1 rings (SSSR count). The van der Waals surface area contributed by atoms with E-state index in [1.165, 1.54) is 0 Å². The van der Waals surface area contributed by atoms with Crippen LogP contribution < -0.4 is 4.72 Å². The lowest BCUT2D eigenvalue weighted by Crippen LogP contribution is -2.33. The average Bonchev–Trinajstić information content (AvgIpc) is 2.61. The monoisotopic (exact) mass is 337 g/mol. The summed E-state index contributed by atoms with van der Waals surface area (Å²) >= 11 is 3.30. The number of halogens is 1. The van der Waals surface area contributed by atoms with E-state index in [1.807, 2.05) is 25.3 Å². The molecule has 1 aromatic rings. The number of alkyl halides is 1. The number of hydrogen-bond acceptors (Lipinski definition) is 3. The van der Waals surface area contributed by atoms with Crippen LogP contribution in [0.5, 0.6) is 0 Å². The van der Waals surface area contributed by atoms with Gasteiger partial charge in [-0.1, -0.05) is 22.9 Å². The van der Waals surface area contributed by atoms with E-state index >= 15 is 0 Å². The van der Waals surface area contributed by atoms with Gasteiger partial charge in [-0.3, -0.25) is 0 Å². The van der Waals surface area contributed by atoms with Crippen LogP contribution in [0.4, 0.5) is 0 Å². The van der Waals surface area contributed by atoms with Gasteiger partial charge >= 0.3 is 0 Å². The lowest BCUT2D eigenvalue weighted by atomic mass is 10.3. The molecule has 7 heteroatoms. The number of nitrogens with one attached hydrogen (secondary N) is 1. The zero-order valence-corrected chi connectivity index (χ0v) is 13.4. The predicted molar refractivity (Wildman–Crippen MR) is 75.4 cm³/mol. The van der Waals surface area contributed by atoms with E-state index in [2.05, 4.69) is 25.6 Å². The first-order valence-electron chi connectivity index (χ1n) is 6.02. The third-order valence-corrected chi connectivity index (χ3v) is 4.51. The van der Waals surface area contributed by atoms with E-state index in [0.717, 1.165) is 30.5 Å². The van der Waals surface area contributed by atoms with Crippen molar-refractivity contribution in [3.8, 4) is 0 Å². The van der Waals surface area contributed by atoms with E-state index in [1.54, 1.807) is 6.20 Å². The van der Waals surface area contributed by atoms with Crippen molar-refractivity contribution in [2.45, 2.75) is 51.2 Å². The van der Waals surface area contributed by atoms with Crippen molar-refractivity contribution >= 4 is 26.0 Å². The van der Waals surface area contributed by atoms with Crippen LogP contribution in [0.3, 0.4) is 0 Å². The fraction of sp³-hybridized carbons (Fsp3) is 0.727. The third-order valence-electron chi connectivity index (χ3n) is 2.59. The Kier molecular flexibility index (Phi) is 5.81. The minimum absolute atomic E-state index is 0.106. The molecule has 0 saturated heterocycles. The average molecular weight is 338 g/mol. The Bertz CT molecular complexity index is 484. The largest absolute Gasteiger partial charge is 0.334 e. The predicted octanol–water partition coefficient (Wildman–Crippen LogP) is 2.05. The molecule has 0 spiro atoms. The highest BCUT2D eigenvalue weighted by atomic mass is 79.9. The molecule has 18 heavy (non-hydrogen) atoms. The Morgan fingerprint density at radius 2 is 2.22 bits per heavy atom. The Morgan fingerprint density at radius 3 is 2.78 bits per heavy atom. The molecule has 104 valence electrons. The van der Waals surface area contributed by atoms with Crippen molar-refractivity contribution in [1.82, 2.24) is 14.3 Å². The van der Waals surface area contributed by atoms with Crippen LogP contribution in [0.1, 0.15) is 32.5 Å². The van der Waals surface area contributed by atoms with Gasteiger partial charge in [0.1, 0.15) is 5.82 Å². The number of rotatable bonds is 7. The Morgan fingerprint density at radius 1 is 1.56 bits per heavy atom. The molecule has 0 saturated carbocycles. The highest BCUT2D eigenvalue weighted by molar-refractivity contribution is 9.09. The minimum atomic E-state index is -3.50. The SMILES string of the molecule is CCCn1cc(S(=O)(=O)NC(C)CCBr)nc1C. The normalized spacial score (nSPS) is 13.8. The van der Waals surface area contributed by atoms with Crippen LogP contribution in [0.25, 0.3) is 0 Å². The van der Waals surface area contributed by atoms with Crippen molar-refractivity contribution in [2.24, 2.45) is 0 Å². The first kappa shape index (κ1) is 15.7. The van der Waals surface area contributed by atoms with Crippen molar-refractivity contribution in [3.63, 3.8) is 0 Å². The Hall–Kier alpha value is -0.400. The van der Waals surface area contributed by atoms with Crippen LogP contribution in [0.15, 0.2) is 11.2 Å². The van der Waals surface area contributed by atoms with Crippen LogP contribution in [-0.2, 0) is 16.6 Å². The summed E-state index contributed by atoms with van der Waals surface area (Å²) in [7, 11) is -3.50. The number of imidazole rings is 1. The lowest BCUT2D eigenvalue weighted by Gasteiger charge is -2.10. The number of aryl methyl sites for hydroxylation is 2. The number of aromatic nitrogens is 2. The Balaban J connectivity index is 2.88. The van der Waals surface area contributed by atoms with Gasteiger partial charge in [-0.25, -0.2) is 18.1 Å². The van der Waals surface area contributed by atoms with Gasteiger partial charge in [0, 0.05) is 24.1 Å². The maximum atomic E-state index is 12.1. The van der Waals surface area contributed by atoms with E-state index in [0.29, 0.717) is 0 Å². The van der Waals surface area contributed by atoms with Crippen LogP contribution in [0, 0.1) is 6.92 Å². The van der Waals surface area contributed by atoms with Gasteiger partial charge in [-0.05, 0) is 26.7 Å². The molecule has 0 aromatic carbocycles. The smallest absolute Gasteiger partial charge is 0.259 e. The van der Waals surface area contributed by atoms with Crippen molar-refractivity contribution in [3.05, 3.63) is 12.0 Å². The molecule has 0 aliphatic carbocycles. The molecule has 0 bridgehead atoms. The van der Waals surface area contributed by atoms with E-state index in [4.69, 9.17) is 0 Å². The van der Waals surface area contributed by atoms with Crippen LogP contribution in [-0.4, -0.2) is 29.3 Å². The molecule has 1 atom stereocenters. The molecule has 0 radical (unpaired) electrons. The van der Waals surface area contributed by atoms with Gasteiger partial charge < -0.3 is 4.57 Å². The minimum Gasteiger partial charge on any atom is -0.334 e. The highest BCUT2D eigenvalue weighted by Gasteiger charge is 2.21. The van der Waals surface area contributed by atoms with E-state index in [9.17, 15) is 8.42 Å². The zero-order chi connectivity index (χ0) is 13.8. The van der Waals surface area contributed by atoms with Crippen molar-refractivity contribution in [2.75, 3.05) is 5.33 Å². The first-order valence-corrected chi connectivity index (χ1v) is 8.63. The molecular formula is C11H20BrN3O2S. The Labute approximate surface area is 117 Å². The number of hydrogen-bond donors (Lipinski definition) is 1. The molecule has 0 amide bonds. The van der Waals surface area contributed by atoms with Gasteiger partial charge in [0.05, 0.1) is 0 Å². The third kappa shape index (κ3) is 4.07. The second kappa shape index (κ2) is 6.68.